The molecule has 1 fully saturated rings. The van der Waals surface area contributed by atoms with Crippen molar-refractivity contribution in [2.24, 2.45) is 0 Å². The number of aliphatic hydroxyl groups is 5. The van der Waals surface area contributed by atoms with Crippen LogP contribution in [0.5, 0.6) is 0 Å². The Kier molecular flexibility index (Phi) is 2.91. The predicted molar refractivity (Wildman–Crippen MR) is 40.6 cm³/mol. The van der Waals surface area contributed by atoms with E-state index in [0.29, 0.717) is 0 Å². The highest BCUT2D eigenvalue weighted by Gasteiger charge is 2.50. The molecule has 5 atom stereocenters. The van der Waals surface area contributed by atoms with E-state index in [2.05, 4.69) is 0 Å². The Morgan fingerprint density at radius 2 is 1.69 bits per heavy atom. The summed E-state index contributed by atoms with van der Waals surface area (Å²) in [5, 5.41) is 45.6. The predicted octanol–water partition coefficient (Wildman–Crippen LogP) is -2.83. The molecule has 0 bridgehead atoms. The SMILES string of the molecule is C[C@]1(CO)O[C@@H](O)[C@H](O)[C@@H](O)[C@@H]1O. The molecule has 0 radical (unpaired) electrons. The lowest BCUT2D eigenvalue weighted by Gasteiger charge is -2.44. The third-order valence-corrected chi connectivity index (χ3v) is 2.30. The zero-order valence-corrected chi connectivity index (χ0v) is 7.16. The Balaban J connectivity index is 2.82. The first-order valence-electron chi connectivity index (χ1n) is 3.93. The minimum Gasteiger partial charge on any atom is -0.393 e. The molecule has 1 rings (SSSR count). The van der Waals surface area contributed by atoms with Crippen molar-refractivity contribution in [3.05, 3.63) is 0 Å². The second-order valence-corrected chi connectivity index (χ2v) is 3.41. The molecule has 1 heterocycles. The lowest BCUT2D eigenvalue weighted by Crippen LogP contribution is -2.64. The van der Waals surface area contributed by atoms with Crippen LogP contribution in [-0.4, -0.2) is 62.3 Å². The van der Waals surface area contributed by atoms with Gasteiger partial charge in [-0.2, -0.15) is 0 Å². The monoisotopic (exact) mass is 194 g/mol. The summed E-state index contributed by atoms with van der Waals surface area (Å²) in [7, 11) is 0. The zero-order chi connectivity index (χ0) is 10.2. The third-order valence-electron chi connectivity index (χ3n) is 2.30. The topological polar surface area (TPSA) is 110 Å². The summed E-state index contributed by atoms with van der Waals surface area (Å²) in [6.45, 7) is 0.769. The average molecular weight is 194 g/mol. The van der Waals surface area contributed by atoms with Gasteiger partial charge in [-0.25, -0.2) is 0 Å². The van der Waals surface area contributed by atoms with Crippen molar-refractivity contribution in [1.82, 2.24) is 0 Å². The van der Waals surface area contributed by atoms with E-state index in [0.717, 1.165) is 0 Å². The van der Waals surface area contributed by atoms with Crippen molar-refractivity contribution < 1.29 is 30.3 Å². The Morgan fingerprint density at radius 3 is 2.15 bits per heavy atom. The Bertz CT molecular complexity index is 186. The summed E-state index contributed by atoms with van der Waals surface area (Å²) in [5.74, 6) is 0. The number of hydrogen-bond donors (Lipinski definition) is 5. The van der Waals surface area contributed by atoms with Gasteiger partial charge in [-0.3, -0.25) is 0 Å². The van der Waals surface area contributed by atoms with Gasteiger partial charge >= 0.3 is 0 Å². The van der Waals surface area contributed by atoms with Crippen LogP contribution >= 0.6 is 0 Å². The fourth-order valence-corrected chi connectivity index (χ4v) is 1.26. The molecule has 0 spiro atoms. The molecule has 6 heteroatoms. The highest BCUT2D eigenvalue weighted by molar-refractivity contribution is 4.96. The van der Waals surface area contributed by atoms with Gasteiger partial charge in [-0.1, -0.05) is 0 Å². The summed E-state index contributed by atoms with van der Waals surface area (Å²) in [6, 6.07) is 0. The number of hydrogen-bond acceptors (Lipinski definition) is 6. The second-order valence-electron chi connectivity index (χ2n) is 3.41. The summed E-state index contributed by atoms with van der Waals surface area (Å²) in [5.41, 5.74) is -1.45. The van der Waals surface area contributed by atoms with Crippen molar-refractivity contribution in [3.8, 4) is 0 Å². The van der Waals surface area contributed by atoms with Crippen molar-refractivity contribution in [2.75, 3.05) is 6.61 Å². The van der Waals surface area contributed by atoms with Crippen LogP contribution in [0.3, 0.4) is 0 Å². The van der Waals surface area contributed by atoms with E-state index in [1.54, 1.807) is 0 Å². The molecular formula is C7H14O6. The first-order valence-corrected chi connectivity index (χ1v) is 3.93. The lowest BCUT2D eigenvalue weighted by molar-refractivity contribution is -0.321. The molecule has 0 aromatic heterocycles. The molecule has 0 saturated carbocycles. The van der Waals surface area contributed by atoms with Crippen LogP contribution < -0.4 is 0 Å². The third kappa shape index (κ3) is 1.69. The molecule has 0 amide bonds. The highest BCUT2D eigenvalue weighted by atomic mass is 16.6. The maximum atomic E-state index is 9.38. The van der Waals surface area contributed by atoms with E-state index in [1.165, 1.54) is 6.92 Å². The van der Waals surface area contributed by atoms with Gasteiger partial charge in [0.25, 0.3) is 0 Å². The lowest BCUT2D eigenvalue weighted by atomic mass is 9.89. The minimum atomic E-state index is -1.60. The maximum absolute atomic E-state index is 9.38. The first kappa shape index (κ1) is 10.8. The van der Waals surface area contributed by atoms with E-state index in [4.69, 9.17) is 20.1 Å². The van der Waals surface area contributed by atoms with E-state index in [9.17, 15) is 10.2 Å². The van der Waals surface area contributed by atoms with Gasteiger partial charge in [-0.05, 0) is 6.92 Å². The molecule has 1 saturated heterocycles. The second kappa shape index (κ2) is 3.49. The molecule has 0 aliphatic carbocycles. The van der Waals surface area contributed by atoms with E-state index >= 15 is 0 Å². The number of ether oxygens (including phenoxy) is 1. The molecule has 1 aliphatic heterocycles. The fourth-order valence-electron chi connectivity index (χ4n) is 1.26. The van der Waals surface area contributed by atoms with Gasteiger partial charge in [0.05, 0.1) is 6.61 Å². The average Bonchev–Trinajstić information content (AvgIpc) is 2.12. The van der Waals surface area contributed by atoms with Crippen LogP contribution in [0, 0.1) is 0 Å². The fraction of sp³-hybridized carbons (Fsp3) is 1.00. The molecule has 0 aromatic rings. The van der Waals surface area contributed by atoms with Gasteiger partial charge in [0.2, 0.25) is 0 Å². The molecule has 0 unspecified atom stereocenters. The molecule has 13 heavy (non-hydrogen) atoms. The van der Waals surface area contributed by atoms with Crippen molar-refractivity contribution in [3.63, 3.8) is 0 Å². The molecule has 0 aromatic carbocycles. The quantitative estimate of drug-likeness (QED) is 0.308. The van der Waals surface area contributed by atoms with Crippen molar-refractivity contribution in [2.45, 2.75) is 37.1 Å². The van der Waals surface area contributed by atoms with Crippen molar-refractivity contribution >= 4 is 0 Å². The standard InChI is InChI=1S/C7H14O6/c1-7(2-8)5(11)3(9)4(10)6(12)13-7/h3-6,8-12H,2H2,1H3/t3-,4-,5+,6-,7-/m1/s1. The van der Waals surface area contributed by atoms with E-state index < -0.39 is 36.8 Å². The highest BCUT2D eigenvalue weighted by Crippen LogP contribution is 2.28. The summed E-state index contributed by atoms with van der Waals surface area (Å²) in [4.78, 5) is 0. The first-order chi connectivity index (χ1) is 5.92. The Hall–Kier alpha value is -0.240. The van der Waals surface area contributed by atoms with Gasteiger partial charge in [0.15, 0.2) is 6.29 Å². The van der Waals surface area contributed by atoms with Gasteiger partial charge in [0.1, 0.15) is 23.9 Å². The maximum Gasteiger partial charge on any atom is 0.184 e. The van der Waals surface area contributed by atoms with Crippen LogP contribution in [0.15, 0.2) is 0 Å². The van der Waals surface area contributed by atoms with Crippen molar-refractivity contribution in [1.29, 1.82) is 0 Å². The van der Waals surface area contributed by atoms with Crippen LogP contribution in [0.25, 0.3) is 0 Å². The summed E-state index contributed by atoms with van der Waals surface area (Å²) in [6.07, 6.45) is -6.12. The summed E-state index contributed by atoms with van der Waals surface area (Å²) < 4.78 is 4.76. The van der Waals surface area contributed by atoms with Gasteiger partial charge in [-0.15, -0.1) is 0 Å². The van der Waals surface area contributed by atoms with Crippen LogP contribution in [0.2, 0.25) is 0 Å². The van der Waals surface area contributed by atoms with Gasteiger partial charge in [0, 0.05) is 0 Å². The number of rotatable bonds is 1. The zero-order valence-electron chi connectivity index (χ0n) is 7.16. The molecule has 1 aliphatic rings. The normalized spacial score (nSPS) is 52.2. The molecule has 6 nitrogen and oxygen atoms in total. The van der Waals surface area contributed by atoms with E-state index in [-0.39, 0.29) is 0 Å². The largest absolute Gasteiger partial charge is 0.393 e. The Morgan fingerprint density at radius 1 is 1.15 bits per heavy atom. The van der Waals surface area contributed by atoms with Crippen LogP contribution in [-0.2, 0) is 4.74 Å². The molecule has 5 N–H and O–H groups in total. The Labute approximate surface area is 75.0 Å². The molecule has 78 valence electrons. The minimum absolute atomic E-state index is 0.561. The van der Waals surface area contributed by atoms with Gasteiger partial charge < -0.3 is 30.3 Å². The van der Waals surface area contributed by atoms with E-state index in [1.807, 2.05) is 0 Å². The van der Waals surface area contributed by atoms with Crippen LogP contribution in [0.4, 0.5) is 0 Å². The smallest absolute Gasteiger partial charge is 0.184 e. The number of aliphatic hydroxyl groups excluding tert-OH is 5. The van der Waals surface area contributed by atoms with Crippen LogP contribution in [0.1, 0.15) is 6.92 Å². The molecular weight excluding hydrogens is 180 g/mol. The summed E-state index contributed by atoms with van der Waals surface area (Å²) >= 11 is 0.